The maximum absolute atomic E-state index is 14.7. The van der Waals surface area contributed by atoms with Crippen molar-refractivity contribution in [3.8, 4) is 0 Å². The Labute approximate surface area is 345 Å². The molecule has 2 aromatic rings. The Morgan fingerprint density at radius 2 is 1.50 bits per heavy atom. The molecule has 1 heterocycles. The molecular formula is C44H68N6O8. The molecule has 4 N–H and O–H groups in total. The van der Waals surface area contributed by atoms with E-state index in [0.717, 1.165) is 37.1 Å². The number of rotatable bonds is 22. The van der Waals surface area contributed by atoms with E-state index in [1.807, 2.05) is 69.3 Å². The summed E-state index contributed by atoms with van der Waals surface area (Å²) < 4.78 is 16.9. The summed E-state index contributed by atoms with van der Waals surface area (Å²) in [4.78, 5) is 71.2. The van der Waals surface area contributed by atoms with E-state index in [-0.39, 0.29) is 25.0 Å². The Balaban J connectivity index is 1.89. The van der Waals surface area contributed by atoms with Crippen molar-refractivity contribution in [2.45, 2.75) is 99.4 Å². The lowest BCUT2D eigenvalue weighted by atomic mass is 9.94. The molecule has 0 bridgehead atoms. The standard InChI is InChI=1S/C44H68N6O8/c1-9-10-24-50(48-39(52)37(32(2)3)38(51)45-23-25-49-26-28-56-29-27-49)30-36(22-21-34-17-13-11-14-18-34)46-40(53)44(33(4)5,58-41(54)43(6,7)8)47-42(55)57-31-35-19-15-12-16-20-35/h11-20,32-33,36-37H,9-10,21-31H2,1-8H3,(H,45,51)(H,46,53)(H,47,55)(H,48,52)/t36-,37+,44+/m0/s1. The second kappa shape index (κ2) is 23.8. The molecule has 3 atom stereocenters. The van der Waals surface area contributed by atoms with Gasteiger partial charge in [0.05, 0.1) is 18.6 Å². The number of alkyl carbamates (subject to hydrolysis) is 1. The van der Waals surface area contributed by atoms with Crippen LogP contribution in [0.2, 0.25) is 0 Å². The molecule has 3 rings (SSSR count). The molecule has 0 aliphatic carbocycles. The summed E-state index contributed by atoms with van der Waals surface area (Å²) in [5.41, 5.74) is 1.63. The molecular weight excluding hydrogens is 741 g/mol. The molecule has 0 aromatic heterocycles. The number of carbonyl (C=O) groups excluding carboxylic acids is 5. The van der Waals surface area contributed by atoms with Crippen molar-refractivity contribution in [2.75, 3.05) is 52.5 Å². The summed E-state index contributed by atoms with van der Waals surface area (Å²) in [6.45, 7) is 18.6. The summed E-state index contributed by atoms with van der Waals surface area (Å²) >= 11 is 0. The van der Waals surface area contributed by atoms with E-state index in [0.29, 0.717) is 45.7 Å². The van der Waals surface area contributed by atoms with Crippen LogP contribution < -0.4 is 21.4 Å². The van der Waals surface area contributed by atoms with Crippen molar-refractivity contribution in [3.05, 3.63) is 71.8 Å². The van der Waals surface area contributed by atoms with Crippen LogP contribution in [-0.4, -0.2) is 104 Å². The number of nitrogens with zero attached hydrogens (tertiary/aromatic N) is 2. The van der Waals surface area contributed by atoms with Gasteiger partial charge >= 0.3 is 12.1 Å². The number of hydrazine groups is 1. The average Bonchev–Trinajstić information content (AvgIpc) is 3.18. The highest BCUT2D eigenvalue weighted by molar-refractivity contribution is 6.00. The Bertz CT molecular complexity index is 1580. The zero-order valence-electron chi connectivity index (χ0n) is 35.9. The summed E-state index contributed by atoms with van der Waals surface area (Å²) in [5.74, 6) is -4.21. The van der Waals surface area contributed by atoms with Gasteiger partial charge in [-0.2, -0.15) is 0 Å². The Hall–Kier alpha value is -4.53. The van der Waals surface area contributed by atoms with Gasteiger partial charge in [0, 0.05) is 51.2 Å². The van der Waals surface area contributed by atoms with Crippen molar-refractivity contribution in [1.82, 2.24) is 31.3 Å². The fourth-order valence-corrected chi connectivity index (χ4v) is 6.38. The van der Waals surface area contributed by atoms with E-state index < -0.39 is 52.9 Å². The zero-order valence-corrected chi connectivity index (χ0v) is 35.9. The number of carbonyl (C=O) groups is 5. The van der Waals surface area contributed by atoms with Crippen molar-refractivity contribution in [3.63, 3.8) is 0 Å². The second-order valence-corrected chi connectivity index (χ2v) is 16.7. The van der Waals surface area contributed by atoms with Crippen molar-refractivity contribution in [2.24, 2.45) is 23.2 Å². The minimum atomic E-state index is -2.15. The molecule has 1 saturated heterocycles. The molecule has 58 heavy (non-hydrogen) atoms. The topological polar surface area (TPSA) is 168 Å². The molecule has 1 aliphatic heterocycles. The fraction of sp³-hybridized carbons (Fsp3) is 0.614. The van der Waals surface area contributed by atoms with Crippen LogP contribution in [0.3, 0.4) is 0 Å². The molecule has 0 spiro atoms. The van der Waals surface area contributed by atoms with E-state index in [4.69, 9.17) is 14.2 Å². The van der Waals surface area contributed by atoms with Crippen LogP contribution in [0, 0.1) is 23.2 Å². The number of nitrogens with one attached hydrogen (secondary N) is 4. The smallest absolute Gasteiger partial charge is 0.410 e. The Kier molecular flexibility index (Phi) is 19.6. The van der Waals surface area contributed by atoms with E-state index in [9.17, 15) is 24.0 Å². The third kappa shape index (κ3) is 15.7. The van der Waals surface area contributed by atoms with Gasteiger partial charge in [0.15, 0.2) is 0 Å². The SMILES string of the molecule is CCCCN(C[C@H](CCc1ccccc1)NC(=O)[C@](NC(=O)OCc1ccccc1)(OC(=O)C(C)(C)C)C(C)C)NC(=O)[C@@H](C(=O)NCCN1CCOCC1)C(C)C. The van der Waals surface area contributed by atoms with Crippen LogP contribution in [-0.2, 0) is 46.4 Å². The quantitative estimate of drug-likeness (QED) is 0.0561. The van der Waals surface area contributed by atoms with Crippen LogP contribution >= 0.6 is 0 Å². The van der Waals surface area contributed by atoms with Crippen LogP contribution in [0.25, 0.3) is 0 Å². The first-order valence-corrected chi connectivity index (χ1v) is 20.8. The molecule has 0 radical (unpaired) electrons. The van der Waals surface area contributed by atoms with Crippen LogP contribution in [0.5, 0.6) is 0 Å². The summed E-state index contributed by atoms with van der Waals surface area (Å²) in [5, 5.41) is 10.4. The normalized spacial score (nSPS) is 15.6. The molecule has 1 aliphatic rings. The maximum Gasteiger partial charge on any atom is 0.410 e. The number of unbranched alkanes of at least 4 members (excludes halogenated alkanes) is 1. The first-order chi connectivity index (χ1) is 27.5. The van der Waals surface area contributed by atoms with Gasteiger partial charge in [0.1, 0.15) is 12.5 Å². The molecule has 14 heteroatoms. The van der Waals surface area contributed by atoms with Gasteiger partial charge in [0.2, 0.25) is 11.8 Å². The van der Waals surface area contributed by atoms with Gasteiger partial charge < -0.3 is 24.8 Å². The lowest BCUT2D eigenvalue weighted by molar-refractivity contribution is -0.185. The largest absolute Gasteiger partial charge is 0.445 e. The van der Waals surface area contributed by atoms with Crippen LogP contribution in [0.1, 0.15) is 85.8 Å². The first-order valence-electron chi connectivity index (χ1n) is 20.8. The van der Waals surface area contributed by atoms with Gasteiger partial charge in [-0.25, -0.2) is 9.80 Å². The summed E-state index contributed by atoms with van der Waals surface area (Å²) in [6.07, 6.45) is 1.63. The molecule has 4 amide bonds. The predicted octanol–water partition coefficient (Wildman–Crippen LogP) is 4.83. The molecule has 0 saturated carbocycles. The van der Waals surface area contributed by atoms with Gasteiger partial charge in [-0.1, -0.05) is 102 Å². The molecule has 1 fully saturated rings. The molecule has 322 valence electrons. The highest BCUT2D eigenvalue weighted by Gasteiger charge is 2.50. The fourth-order valence-electron chi connectivity index (χ4n) is 6.38. The number of aryl methyl sites for hydroxylation is 1. The lowest BCUT2D eigenvalue weighted by Gasteiger charge is -2.39. The highest BCUT2D eigenvalue weighted by Crippen LogP contribution is 2.27. The minimum Gasteiger partial charge on any atom is -0.445 e. The summed E-state index contributed by atoms with van der Waals surface area (Å²) in [7, 11) is 0. The Morgan fingerprint density at radius 3 is 2.07 bits per heavy atom. The second-order valence-electron chi connectivity index (χ2n) is 16.7. The third-order valence-corrected chi connectivity index (χ3v) is 10.0. The first kappa shape index (κ1) is 47.8. The number of esters is 1. The van der Waals surface area contributed by atoms with Gasteiger partial charge in [-0.05, 0) is 57.1 Å². The van der Waals surface area contributed by atoms with E-state index in [1.54, 1.807) is 51.8 Å². The summed E-state index contributed by atoms with van der Waals surface area (Å²) in [6, 6.07) is 18.3. The molecule has 2 aromatic carbocycles. The van der Waals surface area contributed by atoms with Crippen LogP contribution in [0.15, 0.2) is 60.7 Å². The predicted molar refractivity (Wildman–Crippen MR) is 223 cm³/mol. The van der Waals surface area contributed by atoms with Crippen molar-refractivity contribution < 1.29 is 38.2 Å². The van der Waals surface area contributed by atoms with E-state index >= 15 is 0 Å². The van der Waals surface area contributed by atoms with E-state index in [1.165, 1.54) is 0 Å². The number of hydrogen-bond acceptors (Lipinski definition) is 10. The highest BCUT2D eigenvalue weighted by atomic mass is 16.6. The van der Waals surface area contributed by atoms with Crippen molar-refractivity contribution in [1.29, 1.82) is 0 Å². The number of amides is 4. The Morgan fingerprint density at radius 1 is 0.879 bits per heavy atom. The van der Waals surface area contributed by atoms with Crippen LogP contribution in [0.4, 0.5) is 4.79 Å². The number of morpholine rings is 1. The monoisotopic (exact) mass is 809 g/mol. The van der Waals surface area contributed by atoms with Gasteiger partial charge in [-0.3, -0.25) is 34.8 Å². The van der Waals surface area contributed by atoms with Gasteiger partial charge in [-0.15, -0.1) is 0 Å². The minimum absolute atomic E-state index is 0.0647. The van der Waals surface area contributed by atoms with Gasteiger partial charge in [0.25, 0.3) is 11.6 Å². The third-order valence-electron chi connectivity index (χ3n) is 10.0. The maximum atomic E-state index is 14.7. The van der Waals surface area contributed by atoms with Crippen molar-refractivity contribution >= 4 is 29.8 Å². The number of hydrogen-bond donors (Lipinski definition) is 4. The van der Waals surface area contributed by atoms with E-state index in [2.05, 4.69) is 26.3 Å². The lowest BCUT2D eigenvalue weighted by Crippen LogP contribution is -2.67. The molecule has 0 unspecified atom stereocenters. The average molecular weight is 809 g/mol. The zero-order chi connectivity index (χ0) is 42.7. The number of benzene rings is 2. The number of ether oxygens (including phenoxy) is 3. The molecule has 14 nitrogen and oxygen atoms in total.